The molecule has 0 radical (unpaired) electrons. The predicted octanol–water partition coefficient (Wildman–Crippen LogP) is 14.4. The number of hydrogen-bond acceptors (Lipinski definition) is 9. The van der Waals surface area contributed by atoms with Crippen molar-refractivity contribution in [3.63, 3.8) is 0 Å². The van der Waals surface area contributed by atoms with Gasteiger partial charge in [-0.2, -0.15) is 0 Å². The van der Waals surface area contributed by atoms with Crippen LogP contribution >= 0.6 is 0 Å². The predicted molar refractivity (Wildman–Crippen MR) is 301 cm³/mol. The fourth-order valence-corrected chi connectivity index (χ4v) is 7.25. The number of ether oxygens (including phenoxy) is 4. The molecular weight excluding hydrogens is 901 g/mol. The molecule has 0 aromatic heterocycles. The quantitative estimate of drug-likeness (QED) is 0.0267. The van der Waals surface area contributed by atoms with Gasteiger partial charge in [0.25, 0.3) is 0 Å². The van der Waals surface area contributed by atoms with Crippen molar-refractivity contribution >= 4 is 5.97 Å². The van der Waals surface area contributed by atoms with Gasteiger partial charge in [-0.15, -0.1) is 0 Å². The van der Waals surface area contributed by atoms with E-state index in [9.17, 15) is 25.2 Å². The molecule has 9 nitrogen and oxygen atoms in total. The third-order valence-corrected chi connectivity index (χ3v) is 11.4. The first-order valence-electron chi connectivity index (χ1n) is 27.6. The smallest absolute Gasteiger partial charge is 0.306 e. The minimum Gasteiger partial charge on any atom is -0.457 e. The fourth-order valence-electron chi connectivity index (χ4n) is 7.25. The Morgan fingerprint density at radius 3 is 1.21 bits per heavy atom. The molecule has 4 N–H and O–H groups in total. The van der Waals surface area contributed by atoms with E-state index >= 15 is 0 Å². The summed E-state index contributed by atoms with van der Waals surface area (Å²) < 4.78 is 22.9. The minimum atomic E-state index is -1.56. The van der Waals surface area contributed by atoms with E-state index in [0.29, 0.717) is 13.0 Å². The van der Waals surface area contributed by atoms with Gasteiger partial charge in [0, 0.05) is 13.0 Å². The van der Waals surface area contributed by atoms with Crippen LogP contribution in [0.5, 0.6) is 0 Å². The van der Waals surface area contributed by atoms with Crippen LogP contribution < -0.4 is 0 Å². The Labute approximate surface area is 437 Å². The number of carbonyl (C=O) groups excluding carboxylic acids is 1. The summed E-state index contributed by atoms with van der Waals surface area (Å²) in [5.41, 5.74) is 0. The SMILES string of the molecule is CC/C=C\C/C=C\C/C=C\C/C=C\C/C=C\C/C=C\C/C=C\CCCC(=O)OC(COCCCCCCCCC/C=C\C/C=C\C/C=C\C/C=C\C/C=C\C/C=C\CC)COC1OC(CO)C(O)C(O)C1O. The number of esters is 1. The maximum Gasteiger partial charge on any atom is 0.306 e. The number of aliphatic hydroxyl groups is 4. The Morgan fingerprint density at radius 1 is 0.444 bits per heavy atom. The summed E-state index contributed by atoms with van der Waals surface area (Å²) in [5, 5.41) is 40.3. The molecule has 72 heavy (non-hydrogen) atoms. The van der Waals surface area contributed by atoms with Crippen LogP contribution in [0.15, 0.2) is 158 Å². The zero-order chi connectivity index (χ0) is 52.1. The van der Waals surface area contributed by atoms with Crippen molar-refractivity contribution in [2.24, 2.45) is 0 Å². The third kappa shape index (κ3) is 41.3. The summed E-state index contributed by atoms with van der Waals surface area (Å²) in [6.45, 7) is 4.20. The summed E-state index contributed by atoms with van der Waals surface area (Å²) in [7, 11) is 0. The lowest BCUT2D eigenvalue weighted by Gasteiger charge is -2.39. The van der Waals surface area contributed by atoms with Crippen molar-refractivity contribution in [2.75, 3.05) is 26.4 Å². The average molecular weight is 999 g/mol. The number of allylic oxidation sites excluding steroid dienone is 26. The first kappa shape index (κ1) is 65.8. The van der Waals surface area contributed by atoms with Crippen molar-refractivity contribution in [1.82, 2.24) is 0 Å². The van der Waals surface area contributed by atoms with Crippen LogP contribution in [0, 0.1) is 0 Å². The van der Waals surface area contributed by atoms with Crippen molar-refractivity contribution in [2.45, 2.75) is 205 Å². The van der Waals surface area contributed by atoms with Crippen LogP contribution in [-0.4, -0.2) is 89.6 Å². The van der Waals surface area contributed by atoms with E-state index < -0.39 is 43.4 Å². The number of rotatable bonds is 45. The fraction of sp³-hybridized carbons (Fsp3) is 0.571. The molecule has 1 aliphatic heterocycles. The molecule has 1 fully saturated rings. The first-order valence-corrected chi connectivity index (χ1v) is 27.6. The lowest BCUT2D eigenvalue weighted by Crippen LogP contribution is -2.59. The van der Waals surface area contributed by atoms with E-state index in [1.54, 1.807) is 0 Å². The molecule has 0 aliphatic carbocycles. The van der Waals surface area contributed by atoms with E-state index in [1.165, 1.54) is 25.7 Å². The molecule has 6 unspecified atom stereocenters. The van der Waals surface area contributed by atoms with Crippen LogP contribution in [0.3, 0.4) is 0 Å². The second-order valence-corrected chi connectivity index (χ2v) is 17.9. The van der Waals surface area contributed by atoms with E-state index in [4.69, 9.17) is 18.9 Å². The highest BCUT2D eigenvalue weighted by atomic mass is 16.7. The largest absolute Gasteiger partial charge is 0.457 e. The van der Waals surface area contributed by atoms with E-state index in [2.05, 4.69) is 172 Å². The standard InChI is InChI=1S/C63H98O9/c1-3-5-7-9-11-13-15-17-19-21-23-25-27-28-29-31-33-35-37-39-41-43-45-47-49-51-53-69-55-57(56-70-63-62(68)61(67)60(66)58(54-64)72-63)71-59(65)52-50-48-46-44-42-40-38-36-34-32-30-26-24-22-20-18-16-14-12-10-8-6-4-2/h5-8,11-14,17-20,23-26,28-29,32-35,38,40,44,46,57-58,60-64,66-68H,3-4,9-10,15-16,21-22,27,30-31,36-37,39,41-43,45,47-56H2,1-2H3/b7-5-,8-6-,13-11-,14-12-,19-17-,20-18-,25-23-,26-24-,29-28-,34-32-,35-33-,40-38-,46-44-. The molecule has 6 atom stereocenters. The monoisotopic (exact) mass is 999 g/mol. The lowest BCUT2D eigenvalue weighted by molar-refractivity contribution is -0.305. The molecule has 9 heteroatoms. The molecule has 404 valence electrons. The summed E-state index contributed by atoms with van der Waals surface area (Å²) in [6.07, 6.45) is 72.8. The van der Waals surface area contributed by atoms with Crippen LogP contribution in [0.25, 0.3) is 0 Å². The molecule has 1 rings (SSSR count). The van der Waals surface area contributed by atoms with Gasteiger partial charge in [-0.1, -0.05) is 204 Å². The van der Waals surface area contributed by atoms with Gasteiger partial charge in [-0.3, -0.25) is 4.79 Å². The molecule has 0 aromatic rings. The summed E-state index contributed by atoms with van der Waals surface area (Å²) >= 11 is 0. The highest BCUT2D eigenvalue weighted by Crippen LogP contribution is 2.22. The van der Waals surface area contributed by atoms with Crippen LogP contribution in [0.1, 0.15) is 168 Å². The second-order valence-electron chi connectivity index (χ2n) is 17.9. The lowest BCUT2D eigenvalue weighted by atomic mass is 9.99. The average Bonchev–Trinajstić information content (AvgIpc) is 3.38. The maximum absolute atomic E-state index is 12.9. The van der Waals surface area contributed by atoms with Crippen molar-refractivity contribution in [3.05, 3.63) is 158 Å². The second kappa shape index (κ2) is 51.7. The Hall–Kier alpha value is -4.19. The van der Waals surface area contributed by atoms with Gasteiger partial charge in [0.2, 0.25) is 0 Å². The van der Waals surface area contributed by atoms with E-state index in [-0.39, 0.29) is 25.6 Å². The number of hydrogen-bond donors (Lipinski definition) is 4. The molecule has 0 amide bonds. The number of carbonyl (C=O) groups is 1. The Morgan fingerprint density at radius 2 is 0.806 bits per heavy atom. The number of unbranched alkanes of at least 4 members (excludes halogenated alkanes) is 8. The molecule has 0 aromatic carbocycles. The Kier molecular flexibility index (Phi) is 47.3. The van der Waals surface area contributed by atoms with Crippen LogP contribution in [0.2, 0.25) is 0 Å². The Bertz CT molecular complexity index is 1660. The normalized spacial score (nSPS) is 20.0. The number of aliphatic hydroxyl groups excluding tert-OH is 4. The highest BCUT2D eigenvalue weighted by Gasteiger charge is 2.44. The van der Waals surface area contributed by atoms with Crippen molar-refractivity contribution < 1.29 is 44.2 Å². The van der Waals surface area contributed by atoms with Gasteiger partial charge in [0.15, 0.2) is 6.29 Å². The first-order chi connectivity index (χ1) is 35.4. The summed E-state index contributed by atoms with van der Waals surface area (Å²) in [4.78, 5) is 12.9. The zero-order valence-electron chi connectivity index (χ0n) is 44.6. The summed E-state index contributed by atoms with van der Waals surface area (Å²) in [6, 6.07) is 0. The molecule has 0 bridgehead atoms. The molecule has 1 aliphatic rings. The van der Waals surface area contributed by atoms with Gasteiger partial charge >= 0.3 is 5.97 Å². The Balaban J connectivity index is 2.26. The van der Waals surface area contributed by atoms with E-state index in [1.807, 2.05) is 0 Å². The van der Waals surface area contributed by atoms with Gasteiger partial charge in [0.1, 0.15) is 30.5 Å². The van der Waals surface area contributed by atoms with Gasteiger partial charge in [-0.25, -0.2) is 0 Å². The molecule has 1 heterocycles. The molecule has 1 saturated heterocycles. The van der Waals surface area contributed by atoms with Crippen molar-refractivity contribution in [3.8, 4) is 0 Å². The van der Waals surface area contributed by atoms with Gasteiger partial charge in [0.05, 0.1) is 19.8 Å². The van der Waals surface area contributed by atoms with Crippen LogP contribution in [0.4, 0.5) is 0 Å². The van der Waals surface area contributed by atoms with Crippen LogP contribution in [-0.2, 0) is 23.7 Å². The van der Waals surface area contributed by atoms with E-state index in [0.717, 1.165) is 116 Å². The van der Waals surface area contributed by atoms with Crippen molar-refractivity contribution in [1.29, 1.82) is 0 Å². The molecule has 0 saturated carbocycles. The molecular formula is C63H98O9. The minimum absolute atomic E-state index is 0.101. The van der Waals surface area contributed by atoms with Gasteiger partial charge in [-0.05, 0) is 116 Å². The summed E-state index contributed by atoms with van der Waals surface area (Å²) in [5.74, 6) is -0.382. The topological polar surface area (TPSA) is 135 Å². The van der Waals surface area contributed by atoms with Gasteiger partial charge < -0.3 is 39.4 Å². The maximum atomic E-state index is 12.9. The molecule has 0 spiro atoms. The third-order valence-electron chi connectivity index (χ3n) is 11.4. The zero-order valence-corrected chi connectivity index (χ0v) is 44.6. The highest BCUT2D eigenvalue weighted by molar-refractivity contribution is 5.69.